The minimum atomic E-state index is 0.981. The molecule has 2 nitrogen and oxygen atoms in total. The summed E-state index contributed by atoms with van der Waals surface area (Å²) in [6.07, 6.45) is 2.07. The van der Waals surface area contributed by atoms with Gasteiger partial charge in [-0.1, -0.05) is 42.5 Å². The van der Waals surface area contributed by atoms with Crippen LogP contribution in [0.4, 0.5) is 0 Å². The van der Waals surface area contributed by atoms with E-state index in [9.17, 15) is 0 Å². The summed E-state index contributed by atoms with van der Waals surface area (Å²) >= 11 is 1.74. The third-order valence-corrected chi connectivity index (χ3v) is 4.21. The molecule has 3 heteroatoms. The van der Waals surface area contributed by atoms with E-state index >= 15 is 0 Å². The quantitative estimate of drug-likeness (QED) is 0.517. The van der Waals surface area contributed by atoms with Crippen LogP contribution in [0.1, 0.15) is 0 Å². The molecular formula is C17H12N2S. The first-order valence-corrected chi connectivity index (χ1v) is 7.38. The molecule has 4 rings (SSSR count). The van der Waals surface area contributed by atoms with Crippen molar-refractivity contribution in [2.45, 2.75) is 0 Å². The van der Waals surface area contributed by atoms with Crippen molar-refractivity contribution in [3.8, 4) is 21.8 Å². The predicted octanol–water partition coefficient (Wildman–Crippen LogP) is 4.73. The molecule has 0 atom stereocenters. The van der Waals surface area contributed by atoms with Crippen molar-refractivity contribution in [1.82, 2.24) is 9.38 Å². The van der Waals surface area contributed by atoms with Gasteiger partial charge in [-0.3, -0.25) is 4.40 Å². The van der Waals surface area contributed by atoms with E-state index < -0.39 is 0 Å². The summed E-state index contributed by atoms with van der Waals surface area (Å²) in [6, 6.07) is 20.7. The molecule has 4 aromatic rings. The number of fused-ring (bicyclic) bond motifs is 1. The van der Waals surface area contributed by atoms with Gasteiger partial charge in [0.1, 0.15) is 5.65 Å². The van der Waals surface area contributed by atoms with Crippen molar-refractivity contribution in [3.05, 3.63) is 72.2 Å². The molecule has 0 unspecified atom stereocenters. The molecule has 0 aliphatic carbocycles. The van der Waals surface area contributed by atoms with Gasteiger partial charge >= 0.3 is 0 Å². The fourth-order valence-corrected chi connectivity index (χ4v) is 3.21. The normalized spacial score (nSPS) is 11.0. The summed E-state index contributed by atoms with van der Waals surface area (Å²) in [6.45, 7) is 0. The SMILES string of the molecule is c1ccc(-c2nc3ccccn3c2-c2cccs2)cc1. The average molecular weight is 276 g/mol. The standard InChI is InChI=1S/C17H12N2S/c1-2-7-13(8-3-1)16-17(14-9-6-12-20-14)19-11-5-4-10-15(19)18-16/h1-12H. The average Bonchev–Trinajstić information content (AvgIpc) is 3.14. The molecule has 0 saturated carbocycles. The van der Waals surface area contributed by atoms with E-state index in [1.807, 2.05) is 24.3 Å². The van der Waals surface area contributed by atoms with E-state index in [-0.39, 0.29) is 0 Å². The number of aromatic nitrogens is 2. The smallest absolute Gasteiger partial charge is 0.137 e. The van der Waals surface area contributed by atoms with E-state index in [2.05, 4.69) is 52.4 Å². The lowest BCUT2D eigenvalue weighted by molar-refractivity contribution is 1.20. The second-order valence-electron chi connectivity index (χ2n) is 4.58. The lowest BCUT2D eigenvalue weighted by Gasteiger charge is -2.02. The Morgan fingerprint density at radius 3 is 2.50 bits per heavy atom. The molecule has 1 aromatic carbocycles. The zero-order chi connectivity index (χ0) is 13.4. The Hall–Kier alpha value is -2.39. The van der Waals surface area contributed by atoms with Crippen LogP contribution in [-0.2, 0) is 0 Å². The lowest BCUT2D eigenvalue weighted by atomic mass is 10.1. The molecule has 0 spiro atoms. The van der Waals surface area contributed by atoms with E-state index in [4.69, 9.17) is 4.98 Å². The first-order valence-electron chi connectivity index (χ1n) is 6.50. The number of rotatable bonds is 2. The van der Waals surface area contributed by atoms with Crippen LogP contribution in [0.3, 0.4) is 0 Å². The third-order valence-electron chi connectivity index (χ3n) is 3.33. The van der Waals surface area contributed by atoms with Gasteiger partial charge in [0, 0.05) is 11.8 Å². The van der Waals surface area contributed by atoms with Crippen LogP contribution in [0.15, 0.2) is 72.2 Å². The maximum Gasteiger partial charge on any atom is 0.137 e. The molecule has 0 N–H and O–H groups in total. The molecule has 0 saturated heterocycles. The van der Waals surface area contributed by atoms with Crippen molar-refractivity contribution in [3.63, 3.8) is 0 Å². The molecular weight excluding hydrogens is 264 g/mol. The van der Waals surface area contributed by atoms with Crippen molar-refractivity contribution in [1.29, 1.82) is 0 Å². The van der Waals surface area contributed by atoms with Crippen molar-refractivity contribution < 1.29 is 0 Å². The van der Waals surface area contributed by atoms with Crippen LogP contribution in [-0.4, -0.2) is 9.38 Å². The van der Waals surface area contributed by atoms with Crippen molar-refractivity contribution >= 4 is 17.0 Å². The maximum absolute atomic E-state index is 4.81. The van der Waals surface area contributed by atoms with E-state index in [1.54, 1.807) is 11.3 Å². The Bertz CT molecular complexity index is 845. The largest absolute Gasteiger partial charge is 0.298 e. The fourth-order valence-electron chi connectivity index (χ4n) is 2.44. The molecule has 20 heavy (non-hydrogen) atoms. The van der Waals surface area contributed by atoms with E-state index in [1.165, 1.54) is 10.6 Å². The number of benzene rings is 1. The van der Waals surface area contributed by atoms with Gasteiger partial charge in [0.2, 0.25) is 0 Å². The first kappa shape index (κ1) is 11.4. The first-order chi connectivity index (χ1) is 9.93. The van der Waals surface area contributed by atoms with Crippen LogP contribution in [0.5, 0.6) is 0 Å². The highest BCUT2D eigenvalue weighted by Crippen LogP contribution is 2.34. The molecule has 96 valence electrons. The summed E-state index contributed by atoms with van der Waals surface area (Å²) in [5.74, 6) is 0. The molecule has 0 bridgehead atoms. The van der Waals surface area contributed by atoms with Crippen LogP contribution >= 0.6 is 11.3 Å². The van der Waals surface area contributed by atoms with Gasteiger partial charge in [0.05, 0.1) is 16.3 Å². The van der Waals surface area contributed by atoms with Gasteiger partial charge in [-0.05, 0) is 23.6 Å². The van der Waals surface area contributed by atoms with Gasteiger partial charge in [0.25, 0.3) is 0 Å². The number of imidazole rings is 1. The van der Waals surface area contributed by atoms with Gasteiger partial charge in [-0.15, -0.1) is 11.3 Å². The zero-order valence-corrected chi connectivity index (χ0v) is 11.5. The summed E-state index contributed by atoms with van der Waals surface area (Å²) in [7, 11) is 0. The highest BCUT2D eigenvalue weighted by Gasteiger charge is 2.15. The minimum Gasteiger partial charge on any atom is -0.298 e. The topological polar surface area (TPSA) is 17.3 Å². The summed E-state index contributed by atoms with van der Waals surface area (Å²) in [5, 5.41) is 2.10. The predicted molar refractivity (Wildman–Crippen MR) is 83.9 cm³/mol. The number of hydrogen-bond donors (Lipinski definition) is 0. The number of thiophene rings is 1. The van der Waals surface area contributed by atoms with Crippen LogP contribution < -0.4 is 0 Å². The molecule has 0 fully saturated rings. The van der Waals surface area contributed by atoms with E-state index in [0.29, 0.717) is 0 Å². The lowest BCUT2D eigenvalue weighted by Crippen LogP contribution is -1.86. The van der Waals surface area contributed by atoms with Crippen LogP contribution in [0, 0.1) is 0 Å². The maximum atomic E-state index is 4.81. The molecule has 0 aliphatic heterocycles. The number of nitrogens with zero attached hydrogens (tertiary/aromatic N) is 2. The fraction of sp³-hybridized carbons (Fsp3) is 0. The highest BCUT2D eigenvalue weighted by molar-refractivity contribution is 7.13. The summed E-state index contributed by atoms with van der Waals surface area (Å²) < 4.78 is 2.16. The van der Waals surface area contributed by atoms with Gasteiger partial charge in [-0.25, -0.2) is 4.98 Å². The monoisotopic (exact) mass is 276 g/mol. The Morgan fingerprint density at radius 2 is 1.70 bits per heavy atom. The molecule has 3 aromatic heterocycles. The van der Waals surface area contributed by atoms with Gasteiger partial charge in [-0.2, -0.15) is 0 Å². The van der Waals surface area contributed by atoms with Crippen LogP contribution in [0.25, 0.3) is 27.5 Å². The summed E-state index contributed by atoms with van der Waals surface area (Å²) in [4.78, 5) is 6.05. The highest BCUT2D eigenvalue weighted by atomic mass is 32.1. The number of hydrogen-bond acceptors (Lipinski definition) is 2. The second-order valence-corrected chi connectivity index (χ2v) is 5.53. The molecule has 0 radical (unpaired) electrons. The Kier molecular flexibility index (Phi) is 2.64. The third kappa shape index (κ3) is 1.75. The molecule has 3 heterocycles. The summed E-state index contributed by atoms with van der Waals surface area (Å²) in [5.41, 5.74) is 4.34. The Balaban J connectivity index is 2.08. The van der Waals surface area contributed by atoms with Gasteiger partial charge in [0.15, 0.2) is 0 Å². The Morgan fingerprint density at radius 1 is 0.850 bits per heavy atom. The van der Waals surface area contributed by atoms with Crippen molar-refractivity contribution in [2.75, 3.05) is 0 Å². The second kappa shape index (κ2) is 4.62. The molecule has 0 amide bonds. The van der Waals surface area contributed by atoms with Gasteiger partial charge < -0.3 is 0 Å². The Labute approximate surface area is 121 Å². The molecule has 0 aliphatic rings. The van der Waals surface area contributed by atoms with Crippen molar-refractivity contribution in [2.24, 2.45) is 0 Å². The number of pyridine rings is 1. The zero-order valence-electron chi connectivity index (χ0n) is 10.7. The van der Waals surface area contributed by atoms with E-state index in [0.717, 1.165) is 16.9 Å². The van der Waals surface area contributed by atoms with Crippen LogP contribution in [0.2, 0.25) is 0 Å². The minimum absolute atomic E-state index is 0.981.